The molecular weight excluding hydrogens is 376 g/mol. The van der Waals surface area contributed by atoms with E-state index in [0.29, 0.717) is 16.8 Å². The highest BCUT2D eigenvalue weighted by atomic mass is 79.9. The number of hydrogen-bond donors (Lipinski definition) is 0. The molecular formula is C16H11BrN4O3. The van der Waals surface area contributed by atoms with Gasteiger partial charge in [0, 0.05) is 10.0 Å². The van der Waals surface area contributed by atoms with Crippen LogP contribution in [0.1, 0.15) is 20.7 Å². The van der Waals surface area contributed by atoms with Crippen LogP contribution in [0.25, 0.3) is 5.69 Å². The van der Waals surface area contributed by atoms with Gasteiger partial charge in [-0.1, -0.05) is 28.1 Å². The summed E-state index contributed by atoms with van der Waals surface area (Å²) in [5.41, 5.74) is 1.54. The lowest BCUT2D eigenvalue weighted by Gasteiger charge is -2.05. The van der Waals surface area contributed by atoms with Gasteiger partial charge in [0.1, 0.15) is 6.33 Å². The van der Waals surface area contributed by atoms with Gasteiger partial charge in [0.2, 0.25) is 0 Å². The molecule has 3 rings (SSSR count). The lowest BCUT2D eigenvalue weighted by atomic mass is 10.1. The minimum atomic E-state index is -0.566. The van der Waals surface area contributed by atoms with Crippen molar-refractivity contribution in [1.82, 2.24) is 20.2 Å². The largest absolute Gasteiger partial charge is 0.454 e. The van der Waals surface area contributed by atoms with Crippen LogP contribution < -0.4 is 0 Å². The van der Waals surface area contributed by atoms with Crippen molar-refractivity contribution < 1.29 is 14.3 Å². The maximum absolute atomic E-state index is 12.0. The fraction of sp³-hybridized carbons (Fsp3) is 0.0625. The SMILES string of the molecule is O=C(COC(=O)c1ccc(-n2cnnn2)cc1)c1ccc(Br)cc1. The van der Waals surface area contributed by atoms with Gasteiger partial charge in [-0.05, 0) is 46.8 Å². The molecule has 0 fully saturated rings. The van der Waals surface area contributed by atoms with Crippen molar-refractivity contribution in [3.63, 3.8) is 0 Å². The third-order valence-electron chi connectivity index (χ3n) is 3.22. The van der Waals surface area contributed by atoms with Gasteiger partial charge in [0.25, 0.3) is 0 Å². The zero-order chi connectivity index (χ0) is 16.9. The Kier molecular flexibility index (Phi) is 4.76. The van der Waals surface area contributed by atoms with Gasteiger partial charge in [0.05, 0.1) is 11.3 Å². The number of aromatic nitrogens is 4. The van der Waals surface area contributed by atoms with E-state index in [1.807, 2.05) is 0 Å². The molecule has 0 radical (unpaired) electrons. The molecule has 0 saturated carbocycles. The van der Waals surface area contributed by atoms with Crippen LogP contribution in [0.15, 0.2) is 59.3 Å². The van der Waals surface area contributed by atoms with Gasteiger partial charge in [-0.15, -0.1) is 5.10 Å². The van der Waals surface area contributed by atoms with Crippen LogP contribution in [-0.4, -0.2) is 38.6 Å². The fourth-order valence-corrected chi connectivity index (χ4v) is 2.23. The summed E-state index contributed by atoms with van der Waals surface area (Å²) in [7, 11) is 0. The van der Waals surface area contributed by atoms with Gasteiger partial charge in [-0.3, -0.25) is 4.79 Å². The van der Waals surface area contributed by atoms with Gasteiger partial charge in [-0.25, -0.2) is 9.48 Å². The first-order valence-corrected chi connectivity index (χ1v) is 7.72. The molecule has 0 aliphatic rings. The Labute approximate surface area is 145 Å². The smallest absolute Gasteiger partial charge is 0.338 e. The second kappa shape index (κ2) is 7.14. The van der Waals surface area contributed by atoms with Crippen molar-refractivity contribution in [2.24, 2.45) is 0 Å². The molecule has 1 aromatic heterocycles. The van der Waals surface area contributed by atoms with E-state index in [2.05, 4.69) is 31.5 Å². The molecule has 7 nitrogen and oxygen atoms in total. The highest BCUT2D eigenvalue weighted by Crippen LogP contribution is 2.12. The fourth-order valence-electron chi connectivity index (χ4n) is 1.96. The minimum absolute atomic E-state index is 0.263. The van der Waals surface area contributed by atoms with Crippen molar-refractivity contribution in [1.29, 1.82) is 0 Å². The van der Waals surface area contributed by atoms with Crippen molar-refractivity contribution in [2.45, 2.75) is 0 Å². The molecule has 24 heavy (non-hydrogen) atoms. The summed E-state index contributed by atoms with van der Waals surface area (Å²) in [6.45, 7) is -0.310. The van der Waals surface area contributed by atoms with Crippen molar-refractivity contribution >= 4 is 27.7 Å². The number of esters is 1. The summed E-state index contributed by atoms with van der Waals surface area (Å²) in [6.07, 6.45) is 1.45. The van der Waals surface area contributed by atoms with Gasteiger partial charge in [0.15, 0.2) is 12.4 Å². The molecule has 120 valence electrons. The lowest BCUT2D eigenvalue weighted by molar-refractivity contribution is 0.0475. The van der Waals surface area contributed by atoms with Crippen LogP contribution in [0.3, 0.4) is 0 Å². The zero-order valence-corrected chi connectivity index (χ0v) is 13.9. The van der Waals surface area contributed by atoms with Crippen LogP contribution in [-0.2, 0) is 4.74 Å². The maximum atomic E-state index is 12.0. The predicted octanol–water partition coefficient (Wildman–Crippen LogP) is 2.46. The van der Waals surface area contributed by atoms with E-state index < -0.39 is 5.97 Å². The molecule has 8 heteroatoms. The quantitative estimate of drug-likeness (QED) is 0.494. The monoisotopic (exact) mass is 386 g/mol. The number of hydrogen-bond acceptors (Lipinski definition) is 6. The van der Waals surface area contributed by atoms with Crippen LogP contribution in [0.4, 0.5) is 0 Å². The second-order valence-electron chi connectivity index (χ2n) is 4.81. The molecule has 0 unspecified atom stereocenters. The van der Waals surface area contributed by atoms with Gasteiger partial charge < -0.3 is 4.74 Å². The number of ether oxygens (including phenoxy) is 1. The number of Topliss-reactive ketones (excluding diaryl/α,β-unsaturated/α-hetero) is 1. The molecule has 3 aromatic rings. The highest BCUT2D eigenvalue weighted by molar-refractivity contribution is 9.10. The Hall–Kier alpha value is -2.87. The topological polar surface area (TPSA) is 87.0 Å². The summed E-state index contributed by atoms with van der Waals surface area (Å²) in [5.74, 6) is -0.829. The Bertz CT molecular complexity index is 846. The van der Waals surface area contributed by atoms with Crippen molar-refractivity contribution in [3.05, 3.63) is 70.5 Å². The van der Waals surface area contributed by atoms with E-state index in [-0.39, 0.29) is 12.4 Å². The van der Waals surface area contributed by atoms with E-state index in [0.717, 1.165) is 4.47 Å². The first kappa shape index (κ1) is 16.0. The molecule has 1 heterocycles. The van der Waals surface area contributed by atoms with E-state index in [4.69, 9.17) is 4.74 Å². The molecule has 0 N–H and O–H groups in total. The molecule has 2 aromatic carbocycles. The average Bonchev–Trinajstić information content (AvgIpc) is 3.15. The Morgan fingerprint density at radius 1 is 1.00 bits per heavy atom. The molecule has 0 spiro atoms. The first-order valence-electron chi connectivity index (χ1n) is 6.93. The predicted molar refractivity (Wildman–Crippen MR) is 87.9 cm³/mol. The maximum Gasteiger partial charge on any atom is 0.338 e. The Morgan fingerprint density at radius 3 is 2.29 bits per heavy atom. The Balaban J connectivity index is 1.60. The number of ketones is 1. The molecule has 0 bridgehead atoms. The normalized spacial score (nSPS) is 10.4. The molecule has 0 amide bonds. The number of tetrazole rings is 1. The second-order valence-corrected chi connectivity index (χ2v) is 5.72. The van der Waals surface area contributed by atoms with Crippen LogP contribution >= 0.6 is 15.9 Å². The zero-order valence-electron chi connectivity index (χ0n) is 12.3. The number of carbonyl (C=O) groups is 2. The number of carbonyl (C=O) groups excluding carboxylic acids is 2. The summed E-state index contributed by atoms with van der Waals surface area (Å²) in [5, 5.41) is 10.8. The summed E-state index contributed by atoms with van der Waals surface area (Å²) in [4.78, 5) is 24.0. The van der Waals surface area contributed by atoms with Gasteiger partial charge in [-0.2, -0.15) is 0 Å². The van der Waals surface area contributed by atoms with Crippen molar-refractivity contribution in [2.75, 3.05) is 6.61 Å². The highest BCUT2D eigenvalue weighted by Gasteiger charge is 2.12. The average molecular weight is 387 g/mol. The standard InChI is InChI=1S/C16H11BrN4O3/c17-13-5-1-11(2-6-13)15(22)9-24-16(23)12-3-7-14(8-4-12)21-10-18-19-20-21/h1-8,10H,9H2. The van der Waals surface area contributed by atoms with Crippen LogP contribution in [0.5, 0.6) is 0 Å². The number of benzene rings is 2. The third kappa shape index (κ3) is 3.72. The number of rotatable bonds is 5. The first-order chi connectivity index (χ1) is 11.6. The number of nitrogens with zero attached hydrogens (tertiary/aromatic N) is 4. The van der Waals surface area contributed by atoms with E-state index >= 15 is 0 Å². The summed E-state index contributed by atoms with van der Waals surface area (Å²) >= 11 is 3.30. The molecule has 0 aliphatic heterocycles. The lowest BCUT2D eigenvalue weighted by Crippen LogP contribution is -2.14. The van der Waals surface area contributed by atoms with E-state index in [1.165, 1.54) is 11.0 Å². The summed E-state index contributed by atoms with van der Waals surface area (Å²) < 4.78 is 7.40. The Morgan fingerprint density at radius 2 is 1.67 bits per heavy atom. The van der Waals surface area contributed by atoms with Crippen LogP contribution in [0, 0.1) is 0 Å². The molecule has 0 saturated heterocycles. The summed E-state index contributed by atoms with van der Waals surface area (Å²) in [6, 6.07) is 13.4. The molecule has 0 atom stereocenters. The third-order valence-corrected chi connectivity index (χ3v) is 3.75. The van der Waals surface area contributed by atoms with E-state index in [1.54, 1.807) is 48.5 Å². The minimum Gasteiger partial charge on any atom is -0.454 e. The van der Waals surface area contributed by atoms with E-state index in [9.17, 15) is 9.59 Å². The van der Waals surface area contributed by atoms with Crippen molar-refractivity contribution in [3.8, 4) is 5.69 Å². The number of halogens is 1. The van der Waals surface area contributed by atoms with Gasteiger partial charge >= 0.3 is 5.97 Å². The molecule has 0 aliphatic carbocycles. The van der Waals surface area contributed by atoms with Crippen LogP contribution in [0.2, 0.25) is 0 Å².